The van der Waals surface area contributed by atoms with Gasteiger partial charge in [0, 0.05) is 8.04 Å². The number of ketones is 1. The third-order valence-electron chi connectivity index (χ3n) is 1.59. The number of carbonyl (C=O) groups excluding carboxylic acids is 1. The Kier molecular flexibility index (Phi) is 4.38. The molecule has 1 aromatic rings. The van der Waals surface area contributed by atoms with Gasteiger partial charge in [0.15, 0.2) is 0 Å². The smallest absolute Gasteiger partial charge is 0.147 e. The molecule has 0 bridgehead atoms. The third kappa shape index (κ3) is 3.02. The van der Waals surface area contributed by atoms with Crippen LogP contribution in [-0.4, -0.2) is 5.78 Å². The van der Waals surface area contributed by atoms with Gasteiger partial charge in [0.05, 0.1) is 4.83 Å². The molecule has 4 heteroatoms. The van der Waals surface area contributed by atoms with Gasteiger partial charge < -0.3 is 0 Å². The van der Waals surface area contributed by atoms with Gasteiger partial charge in [-0.05, 0) is 53.3 Å². The first-order valence-electron chi connectivity index (χ1n) is 3.62. The molecule has 0 fully saturated rings. The van der Waals surface area contributed by atoms with Crippen LogP contribution in [0.15, 0.2) is 22.7 Å². The second-order valence-corrected chi connectivity index (χ2v) is 5.63. The van der Waals surface area contributed by atoms with Crippen LogP contribution in [0.25, 0.3) is 0 Å². The van der Waals surface area contributed by atoms with Gasteiger partial charge in [-0.3, -0.25) is 4.79 Å². The molecule has 0 radical (unpaired) electrons. The van der Waals surface area contributed by atoms with Crippen molar-refractivity contribution in [2.75, 3.05) is 0 Å². The average molecular weight is 418 g/mol. The summed E-state index contributed by atoms with van der Waals surface area (Å²) in [6, 6.07) is 5.91. The zero-order valence-electron chi connectivity index (χ0n) is 6.85. The largest absolute Gasteiger partial charge is 0.298 e. The van der Waals surface area contributed by atoms with E-state index in [1.807, 2.05) is 18.2 Å². The molecule has 0 amide bonds. The van der Waals surface area contributed by atoms with Crippen LogP contribution in [0.1, 0.15) is 17.3 Å². The average Bonchev–Trinajstić information content (AvgIpc) is 2.08. The molecule has 0 aliphatic carbocycles. The van der Waals surface area contributed by atoms with Crippen molar-refractivity contribution in [2.45, 2.75) is 11.8 Å². The Hall–Kier alpha value is 0.580. The number of rotatable bonds is 2. The lowest BCUT2D eigenvalue weighted by atomic mass is 10.1. The number of benzene rings is 1. The van der Waals surface area contributed by atoms with Gasteiger partial charge in [-0.15, -0.1) is 0 Å². The van der Waals surface area contributed by atoms with Crippen molar-refractivity contribution < 1.29 is 4.79 Å². The van der Waals surface area contributed by atoms with Crippen LogP contribution in [0.2, 0.25) is 0 Å². The molecule has 70 valence electrons. The summed E-state index contributed by atoms with van der Waals surface area (Å²) in [5.41, 5.74) is 1.02. The molecular weight excluding hydrogens is 411 g/mol. The summed E-state index contributed by atoms with van der Waals surface area (Å²) in [6.07, 6.45) is 0. The van der Waals surface area contributed by atoms with Crippen molar-refractivity contribution in [3.8, 4) is 0 Å². The minimum atomic E-state index is -0.197. The number of carbonyl (C=O) groups is 1. The first-order chi connectivity index (χ1) is 6.02. The molecule has 0 aromatic heterocycles. The van der Waals surface area contributed by atoms with E-state index in [2.05, 4.69) is 54.5 Å². The van der Waals surface area contributed by atoms with Crippen molar-refractivity contribution in [1.82, 2.24) is 0 Å². The molecule has 0 spiro atoms. The van der Waals surface area contributed by atoms with E-state index in [0.29, 0.717) is 0 Å². The van der Waals surface area contributed by atoms with E-state index < -0.39 is 0 Å². The Labute approximate surface area is 108 Å². The second-order valence-electron chi connectivity index (χ2n) is 2.64. The van der Waals surface area contributed by atoms with Crippen LogP contribution in [-0.2, 0) is 4.79 Å². The normalized spacial score (nSPS) is 12.6. The first kappa shape index (κ1) is 11.7. The van der Waals surface area contributed by atoms with E-state index in [0.717, 1.165) is 13.6 Å². The zero-order valence-corrected chi connectivity index (χ0v) is 12.2. The second kappa shape index (κ2) is 4.89. The Balaban J connectivity index is 3.12. The molecule has 1 nitrogen and oxygen atoms in total. The third-order valence-corrected chi connectivity index (χ3v) is 4.20. The van der Waals surface area contributed by atoms with Gasteiger partial charge in [0.1, 0.15) is 5.78 Å². The summed E-state index contributed by atoms with van der Waals surface area (Å²) in [6.45, 7) is 1.58. The fraction of sp³-hybridized carbons (Fsp3) is 0.222. The fourth-order valence-corrected chi connectivity index (χ4v) is 2.76. The molecule has 1 unspecified atom stereocenters. The van der Waals surface area contributed by atoms with Crippen LogP contribution >= 0.6 is 54.5 Å². The van der Waals surface area contributed by atoms with Gasteiger partial charge in [0.25, 0.3) is 0 Å². The standard InChI is InChI=1S/C9H7Br2IO/c1-5(13)9(11)7-4-6(10)2-3-8(7)12/h2-4,9H,1H3. The van der Waals surface area contributed by atoms with Crippen molar-refractivity contribution in [3.05, 3.63) is 31.8 Å². The molecule has 0 aliphatic heterocycles. The lowest BCUT2D eigenvalue weighted by Crippen LogP contribution is -2.02. The van der Waals surface area contributed by atoms with E-state index in [-0.39, 0.29) is 10.6 Å². The molecule has 1 aromatic carbocycles. The van der Waals surface area contributed by atoms with Crippen LogP contribution < -0.4 is 0 Å². The van der Waals surface area contributed by atoms with E-state index >= 15 is 0 Å². The topological polar surface area (TPSA) is 17.1 Å². The summed E-state index contributed by atoms with van der Waals surface area (Å²) in [4.78, 5) is 10.9. The Morgan fingerprint density at radius 3 is 2.69 bits per heavy atom. The minimum absolute atomic E-state index is 0.121. The molecule has 0 heterocycles. The number of Topliss-reactive ketones (excluding diaryl/α,β-unsaturated/α-hetero) is 1. The number of alkyl halides is 1. The summed E-state index contributed by atoms with van der Waals surface area (Å²) in [7, 11) is 0. The van der Waals surface area contributed by atoms with Gasteiger partial charge in [-0.2, -0.15) is 0 Å². The molecule has 1 rings (SSSR count). The van der Waals surface area contributed by atoms with Gasteiger partial charge in [-0.25, -0.2) is 0 Å². The maximum Gasteiger partial charge on any atom is 0.147 e. The maximum atomic E-state index is 11.1. The van der Waals surface area contributed by atoms with E-state index in [9.17, 15) is 4.79 Å². The lowest BCUT2D eigenvalue weighted by molar-refractivity contribution is -0.116. The van der Waals surface area contributed by atoms with Gasteiger partial charge in [0.2, 0.25) is 0 Å². The van der Waals surface area contributed by atoms with E-state index in [4.69, 9.17) is 0 Å². The first-order valence-corrected chi connectivity index (χ1v) is 6.40. The zero-order chi connectivity index (χ0) is 10.0. The molecule has 13 heavy (non-hydrogen) atoms. The minimum Gasteiger partial charge on any atom is -0.298 e. The van der Waals surface area contributed by atoms with Crippen molar-refractivity contribution in [3.63, 3.8) is 0 Å². The number of hydrogen-bond acceptors (Lipinski definition) is 1. The highest BCUT2D eigenvalue weighted by Gasteiger charge is 2.15. The highest BCUT2D eigenvalue weighted by Crippen LogP contribution is 2.30. The summed E-state index contributed by atoms with van der Waals surface area (Å²) in [5, 5.41) is 0. The molecule has 1 atom stereocenters. The fourth-order valence-electron chi connectivity index (χ4n) is 0.928. The Morgan fingerprint density at radius 1 is 1.54 bits per heavy atom. The molecular formula is C9H7Br2IO. The maximum absolute atomic E-state index is 11.1. The predicted molar refractivity (Wildman–Crippen MR) is 69.2 cm³/mol. The summed E-state index contributed by atoms with van der Waals surface area (Å²) >= 11 is 8.96. The van der Waals surface area contributed by atoms with Crippen LogP contribution in [0, 0.1) is 3.57 Å². The van der Waals surface area contributed by atoms with Crippen molar-refractivity contribution >= 4 is 60.2 Å². The SMILES string of the molecule is CC(=O)C(Br)c1cc(Br)ccc1I. The van der Waals surface area contributed by atoms with Crippen LogP contribution in [0.4, 0.5) is 0 Å². The van der Waals surface area contributed by atoms with Gasteiger partial charge in [-0.1, -0.05) is 31.9 Å². The van der Waals surface area contributed by atoms with E-state index in [1.165, 1.54) is 0 Å². The predicted octanol–water partition coefficient (Wildman–Crippen LogP) is 4.08. The number of halogens is 3. The Bertz CT molecular complexity index is 338. The van der Waals surface area contributed by atoms with Gasteiger partial charge >= 0.3 is 0 Å². The molecule has 0 saturated carbocycles. The summed E-state index contributed by atoms with van der Waals surface area (Å²) in [5.74, 6) is 0.121. The van der Waals surface area contributed by atoms with E-state index in [1.54, 1.807) is 6.92 Å². The molecule has 0 N–H and O–H groups in total. The number of hydrogen-bond donors (Lipinski definition) is 0. The highest BCUT2D eigenvalue weighted by molar-refractivity contribution is 14.1. The highest BCUT2D eigenvalue weighted by atomic mass is 127. The van der Waals surface area contributed by atoms with Crippen molar-refractivity contribution in [2.24, 2.45) is 0 Å². The van der Waals surface area contributed by atoms with Crippen molar-refractivity contribution in [1.29, 1.82) is 0 Å². The monoisotopic (exact) mass is 416 g/mol. The lowest BCUT2D eigenvalue weighted by Gasteiger charge is -2.08. The van der Waals surface area contributed by atoms with Crippen LogP contribution in [0.3, 0.4) is 0 Å². The Morgan fingerprint density at radius 2 is 2.15 bits per heavy atom. The molecule has 0 aliphatic rings. The van der Waals surface area contributed by atoms with Crippen LogP contribution in [0.5, 0.6) is 0 Å². The molecule has 0 saturated heterocycles. The summed E-state index contributed by atoms with van der Waals surface area (Å²) < 4.78 is 2.09. The quantitative estimate of drug-likeness (QED) is 0.523.